The lowest BCUT2D eigenvalue weighted by Gasteiger charge is -2.18. The number of hydrogen-bond donors (Lipinski definition) is 1. The highest BCUT2D eigenvalue weighted by atomic mass is 32.2. The number of halogens is 3. The zero-order chi connectivity index (χ0) is 14.5. The van der Waals surface area contributed by atoms with Gasteiger partial charge in [-0.1, -0.05) is 26.0 Å². The molecule has 0 spiro atoms. The zero-order valence-electron chi connectivity index (χ0n) is 11.1. The molecule has 1 atom stereocenters. The van der Waals surface area contributed by atoms with Gasteiger partial charge in [0.2, 0.25) is 0 Å². The summed E-state index contributed by atoms with van der Waals surface area (Å²) < 4.78 is 40.4. The van der Waals surface area contributed by atoms with E-state index in [-0.39, 0.29) is 11.8 Å². The van der Waals surface area contributed by atoms with E-state index < -0.39 is 6.36 Å². The minimum absolute atomic E-state index is 0.00387. The maximum absolute atomic E-state index is 12.2. The third-order valence-electron chi connectivity index (χ3n) is 2.44. The molecule has 0 aliphatic heterocycles. The van der Waals surface area contributed by atoms with E-state index in [4.69, 9.17) is 0 Å². The van der Waals surface area contributed by atoms with Crippen LogP contribution in [0.3, 0.4) is 0 Å². The van der Waals surface area contributed by atoms with Crippen LogP contribution in [0.5, 0.6) is 5.75 Å². The first-order chi connectivity index (χ1) is 8.81. The molecule has 0 aliphatic rings. The van der Waals surface area contributed by atoms with Crippen molar-refractivity contribution in [1.29, 1.82) is 0 Å². The molecule has 6 heteroatoms. The summed E-state index contributed by atoms with van der Waals surface area (Å²) in [5.41, 5.74) is 0.789. The van der Waals surface area contributed by atoms with Gasteiger partial charge in [-0.05, 0) is 30.0 Å². The topological polar surface area (TPSA) is 21.3 Å². The number of alkyl halides is 3. The maximum atomic E-state index is 12.2. The highest BCUT2D eigenvalue weighted by Gasteiger charge is 2.31. The summed E-state index contributed by atoms with van der Waals surface area (Å²) in [7, 11) is 1.79. The van der Waals surface area contributed by atoms with Gasteiger partial charge in [-0.25, -0.2) is 0 Å². The lowest BCUT2D eigenvalue weighted by Crippen LogP contribution is -2.20. The largest absolute Gasteiger partial charge is 0.573 e. The Balaban J connectivity index is 2.78. The third kappa shape index (κ3) is 6.20. The molecule has 0 radical (unpaired) electrons. The molecular formula is C13H18F3NOS. The Morgan fingerprint density at radius 1 is 1.32 bits per heavy atom. The molecule has 0 aliphatic carbocycles. The molecule has 0 saturated carbocycles. The molecule has 0 fully saturated rings. The molecule has 0 saturated heterocycles. The Bertz CT molecular complexity index is 396. The second kappa shape index (κ2) is 7.05. The summed E-state index contributed by atoms with van der Waals surface area (Å²) in [5, 5.41) is 3.58. The van der Waals surface area contributed by atoms with E-state index in [1.807, 2.05) is 0 Å². The number of thioether (sulfide) groups is 1. The molecule has 1 unspecified atom stereocenters. The molecule has 108 valence electrons. The van der Waals surface area contributed by atoms with Crippen molar-refractivity contribution in [1.82, 2.24) is 5.32 Å². The fourth-order valence-electron chi connectivity index (χ4n) is 1.56. The van der Waals surface area contributed by atoms with Crippen LogP contribution in [-0.4, -0.2) is 24.4 Å². The molecule has 1 aromatic carbocycles. The summed E-state index contributed by atoms with van der Waals surface area (Å²) in [6.07, 6.45) is -4.65. The Morgan fingerprint density at radius 3 is 2.53 bits per heavy atom. The summed E-state index contributed by atoms with van der Waals surface area (Å²) in [5.74, 6) is 0.615. The highest BCUT2D eigenvalue weighted by Crippen LogP contribution is 2.27. The Morgan fingerprint density at radius 2 is 2.00 bits per heavy atom. The van der Waals surface area contributed by atoms with Crippen LogP contribution in [0.1, 0.15) is 25.5 Å². The molecular weight excluding hydrogens is 275 g/mol. The minimum Gasteiger partial charge on any atom is -0.406 e. The van der Waals surface area contributed by atoms with Crippen LogP contribution in [0.2, 0.25) is 0 Å². The van der Waals surface area contributed by atoms with Crippen molar-refractivity contribution in [3.05, 3.63) is 29.8 Å². The SMILES string of the molecule is CNC(CSC(C)C)c1cccc(OC(F)(F)F)c1. The number of nitrogens with one attached hydrogen (secondary N) is 1. The van der Waals surface area contributed by atoms with Crippen LogP contribution < -0.4 is 10.1 Å². The van der Waals surface area contributed by atoms with Crippen molar-refractivity contribution in [3.8, 4) is 5.75 Å². The third-order valence-corrected chi connectivity index (χ3v) is 3.63. The first-order valence-corrected chi connectivity index (χ1v) is 7.01. The number of rotatable bonds is 6. The Kier molecular flexibility index (Phi) is 6.00. The average Bonchev–Trinajstić information content (AvgIpc) is 2.27. The van der Waals surface area contributed by atoms with Gasteiger partial charge in [-0.3, -0.25) is 0 Å². The van der Waals surface area contributed by atoms with Crippen LogP contribution >= 0.6 is 11.8 Å². The highest BCUT2D eigenvalue weighted by molar-refractivity contribution is 7.99. The van der Waals surface area contributed by atoms with E-state index in [2.05, 4.69) is 23.9 Å². The van der Waals surface area contributed by atoms with Crippen molar-refractivity contribution in [3.63, 3.8) is 0 Å². The molecule has 0 aromatic heterocycles. The van der Waals surface area contributed by atoms with Gasteiger partial charge in [0.05, 0.1) is 0 Å². The van der Waals surface area contributed by atoms with Gasteiger partial charge >= 0.3 is 6.36 Å². The summed E-state index contributed by atoms with van der Waals surface area (Å²) in [6.45, 7) is 4.17. The number of benzene rings is 1. The number of hydrogen-bond acceptors (Lipinski definition) is 3. The van der Waals surface area contributed by atoms with Crippen molar-refractivity contribution < 1.29 is 17.9 Å². The first kappa shape index (κ1) is 16.2. The fourth-order valence-corrected chi connectivity index (χ4v) is 2.50. The molecule has 0 heterocycles. The smallest absolute Gasteiger partial charge is 0.406 e. The summed E-state index contributed by atoms with van der Waals surface area (Å²) >= 11 is 1.75. The molecule has 1 N–H and O–H groups in total. The molecule has 1 aromatic rings. The maximum Gasteiger partial charge on any atom is 0.573 e. The van der Waals surface area contributed by atoms with Crippen LogP contribution in [-0.2, 0) is 0 Å². The van der Waals surface area contributed by atoms with E-state index in [1.165, 1.54) is 12.1 Å². The van der Waals surface area contributed by atoms with Gasteiger partial charge in [0.15, 0.2) is 0 Å². The lowest BCUT2D eigenvalue weighted by molar-refractivity contribution is -0.274. The van der Waals surface area contributed by atoms with Gasteiger partial charge in [-0.2, -0.15) is 11.8 Å². The van der Waals surface area contributed by atoms with E-state index in [0.717, 1.165) is 11.3 Å². The van der Waals surface area contributed by atoms with E-state index >= 15 is 0 Å². The first-order valence-electron chi connectivity index (χ1n) is 5.96. The van der Waals surface area contributed by atoms with Crippen molar-refractivity contribution in [2.75, 3.05) is 12.8 Å². The average molecular weight is 293 g/mol. The number of ether oxygens (including phenoxy) is 1. The van der Waals surface area contributed by atoms with Gasteiger partial charge in [0.25, 0.3) is 0 Å². The molecule has 19 heavy (non-hydrogen) atoms. The Labute approximate surface area is 115 Å². The minimum atomic E-state index is -4.65. The lowest BCUT2D eigenvalue weighted by atomic mass is 10.1. The predicted octanol–water partition coefficient (Wildman–Crippen LogP) is 3.99. The second-order valence-corrected chi connectivity index (χ2v) is 5.95. The van der Waals surface area contributed by atoms with Gasteiger partial charge in [0.1, 0.15) is 5.75 Å². The summed E-state index contributed by atoms with van der Waals surface area (Å²) in [4.78, 5) is 0. The van der Waals surface area contributed by atoms with Crippen molar-refractivity contribution in [2.24, 2.45) is 0 Å². The normalized spacial score (nSPS) is 13.6. The fraction of sp³-hybridized carbons (Fsp3) is 0.538. The van der Waals surface area contributed by atoms with Gasteiger partial charge in [0, 0.05) is 11.8 Å². The summed E-state index contributed by atoms with van der Waals surface area (Å²) in [6, 6.07) is 6.10. The van der Waals surface area contributed by atoms with Crippen LogP contribution in [0, 0.1) is 0 Å². The van der Waals surface area contributed by atoms with Crippen LogP contribution in [0.15, 0.2) is 24.3 Å². The Hall–Kier alpha value is -0.880. The predicted molar refractivity (Wildman–Crippen MR) is 72.5 cm³/mol. The van der Waals surface area contributed by atoms with Gasteiger partial charge < -0.3 is 10.1 Å². The van der Waals surface area contributed by atoms with E-state index in [0.29, 0.717) is 5.25 Å². The molecule has 2 nitrogen and oxygen atoms in total. The van der Waals surface area contributed by atoms with Crippen LogP contribution in [0.4, 0.5) is 13.2 Å². The van der Waals surface area contributed by atoms with Crippen molar-refractivity contribution >= 4 is 11.8 Å². The molecule has 0 amide bonds. The zero-order valence-corrected chi connectivity index (χ0v) is 11.9. The van der Waals surface area contributed by atoms with Crippen LogP contribution in [0.25, 0.3) is 0 Å². The van der Waals surface area contributed by atoms with E-state index in [1.54, 1.807) is 30.9 Å². The molecule has 1 rings (SSSR count). The van der Waals surface area contributed by atoms with Crippen molar-refractivity contribution in [2.45, 2.75) is 31.5 Å². The monoisotopic (exact) mass is 293 g/mol. The quantitative estimate of drug-likeness (QED) is 0.857. The molecule has 0 bridgehead atoms. The van der Waals surface area contributed by atoms with E-state index in [9.17, 15) is 13.2 Å². The van der Waals surface area contributed by atoms with Gasteiger partial charge in [-0.15, -0.1) is 13.2 Å². The second-order valence-electron chi connectivity index (χ2n) is 4.34. The standard InChI is InChI=1S/C13H18F3NOS/c1-9(2)19-8-12(17-3)10-5-4-6-11(7-10)18-13(14,15)16/h4-7,9,12,17H,8H2,1-3H3.